The van der Waals surface area contributed by atoms with Crippen LogP contribution in [0.4, 0.5) is 0 Å². The molecular weight excluding hydrogens is 704 g/mol. The maximum atomic E-state index is 12.2. The lowest BCUT2D eigenvalue weighted by molar-refractivity contribution is -0.232. The van der Waals surface area contributed by atoms with Crippen LogP contribution in [0.3, 0.4) is 0 Å². The van der Waals surface area contributed by atoms with Gasteiger partial charge in [-0.2, -0.15) is 0 Å². The van der Waals surface area contributed by atoms with E-state index in [9.17, 15) is 71.5 Å². The van der Waals surface area contributed by atoms with Crippen LogP contribution in [0.1, 0.15) is 57.6 Å². The van der Waals surface area contributed by atoms with Crippen molar-refractivity contribution in [1.29, 1.82) is 0 Å². The number of phenols is 8. The standard InChI is InChI=1S/C36H36O17/c37-10-23-28(47)30(49)31(50)36(51-23)26-21(45)9-20(44)25-27(29(48)33(53-35(25)26)12-2-4-15(39)18(42)6-12)24-19(43)8-16(40)13-7-22(46)32(52-34(13)24)11-1-3-14(38)17(41)5-11/h1-6,8-9,22-23,27-33,36-50H,7,10H2/t22-,23+,27-,28-,29-,30+,31-,32-,33-,36+/m1/s1. The summed E-state index contributed by atoms with van der Waals surface area (Å²) >= 11 is 0. The van der Waals surface area contributed by atoms with Crippen molar-refractivity contribution in [3.63, 3.8) is 0 Å². The summed E-state index contributed by atoms with van der Waals surface area (Å²) in [4.78, 5) is 0. The molecule has 17 heteroatoms. The lowest BCUT2D eigenvalue weighted by Gasteiger charge is -2.44. The van der Waals surface area contributed by atoms with Gasteiger partial charge in [0.15, 0.2) is 29.1 Å². The van der Waals surface area contributed by atoms with Crippen LogP contribution < -0.4 is 9.47 Å². The molecule has 1 saturated heterocycles. The summed E-state index contributed by atoms with van der Waals surface area (Å²) < 4.78 is 18.2. The van der Waals surface area contributed by atoms with Crippen molar-refractivity contribution in [1.82, 2.24) is 0 Å². The summed E-state index contributed by atoms with van der Waals surface area (Å²) in [6.45, 7) is -0.837. The molecule has 0 aliphatic carbocycles. The third-order valence-electron chi connectivity index (χ3n) is 10.1. The van der Waals surface area contributed by atoms with Crippen molar-refractivity contribution in [3.8, 4) is 57.5 Å². The van der Waals surface area contributed by atoms with Gasteiger partial charge in [0.1, 0.15) is 77.2 Å². The number of benzene rings is 4. The minimum Gasteiger partial charge on any atom is -0.507 e. The van der Waals surface area contributed by atoms with Gasteiger partial charge in [-0.05, 0) is 35.4 Å². The van der Waals surface area contributed by atoms with Gasteiger partial charge in [-0.15, -0.1) is 0 Å². The molecule has 1 fully saturated rings. The fourth-order valence-electron chi connectivity index (χ4n) is 7.40. The van der Waals surface area contributed by atoms with Crippen LogP contribution in [0, 0.1) is 0 Å². The highest BCUT2D eigenvalue weighted by Gasteiger charge is 2.51. The van der Waals surface area contributed by atoms with Gasteiger partial charge in [-0.3, -0.25) is 0 Å². The molecule has 3 heterocycles. The van der Waals surface area contributed by atoms with Crippen LogP contribution in [0.5, 0.6) is 57.5 Å². The van der Waals surface area contributed by atoms with Gasteiger partial charge < -0.3 is 85.7 Å². The van der Waals surface area contributed by atoms with E-state index in [0.717, 1.165) is 36.4 Å². The summed E-state index contributed by atoms with van der Waals surface area (Å²) in [5.74, 6) is -7.29. The second kappa shape index (κ2) is 13.2. The Balaban J connectivity index is 1.48. The number of aromatic hydroxyl groups is 8. The number of fused-ring (bicyclic) bond motifs is 2. The minimum atomic E-state index is -1.97. The highest BCUT2D eigenvalue weighted by atomic mass is 16.6. The van der Waals surface area contributed by atoms with Gasteiger partial charge >= 0.3 is 0 Å². The zero-order valence-electron chi connectivity index (χ0n) is 27.3. The van der Waals surface area contributed by atoms with Crippen molar-refractivity contribution in [2.24, 2.45) is 0 Å². The maximum absolute atomic E-state index is 12.2. The average molecular weight is 741 g/mol. The second-order valence-corrected chi connectivity index (χ2v) is 13.3. The molecule has 0 bridgehead atoms. The van der Waals surface area contributed by atoms with E-state index in [-0.39, 0.29) is 40.0 Å². The van der Waals surface area contributed by atoms with Gasteiger partial charge in [-0.1, -0.05) is 12.1 Å². The van der Waals surface area contributed by atoms with Gasteiger partial charge in [0.05, 0.1) is 24.2 Å². The summed E-state index contributed by atoms with van der Waals surface area (Å²) in [7, 11) is 0. The molecule has 53 heavy (non-hydrogen) atoms. The highest BCUT2D eigenvalue weighted by molar-refractivity contribution is 5.68. The smallest absolute Gasteiger partial charge is 0.157 e. The van der Waals surface area contributed by atoms with E-state index in [0.29, 0.717) is 0 Å². The molecular formula is C36H36O17. The van der Waals surface area contributed by atoms with Crippen LogP contribution in [0.15, 0.2) is 48.5 Å². The number of aliphatic hydroxyl groups excluding tert-OH is 6. The fourth-order valence-corrected chi connectivity index (χ4v) is 7.40. The molecule has 0 saturated carbocycles. The molecule has 0 radical (unpaired) electrons. The van der Waals surface area contributed by atoms with Crippen LogP contribution in [0.2, 0.25) is 0 Å². The molecule has 10 atom stereocenters. The fraction of sp³-hybridized carbons (Fsp3) is 0.333. The zero-order chi connectivity index (χ0) is 38.2. The number of hydrogen-bond acceptors (Lipinski definition) is 17. The van der Waals surface area contributed by atoms with E-state index < -0.39 is 125 Å². The molecule has 3 aliphatic heterocycles. The SMILES string of the molecule is OC[C@@H]1O[C@@H](c2c(O)cc(O)c3c2O[C@H](c2ccc(O)c(O)c2)[C@H](O)[C@@H]3c2c(O)cc(O)c3c2O[C@H](c2ccc(O)c(O)c2)[C@H](O)C3)[C@H](O)[C@@H](O)[C@@H]1O. The van der Waals surface area contributed by atoms with Crippen molar-refractivity contribution >= 4 is 0 Å². The maximum Gasteiger partial charge on any atom is 0.157 e. The first kappa shape index (κ1) is 36.0. The van der Waals surface area contributed by atoms with E-state index >= 15 is 0 Å². The quantitative estimate of drug-likeness (QED) is 0.124. The molecule has 14 N–H and O–H groups in total. The van der Waals surface area contributed by atoms with E-state index in [1.54, 1.807) is 0 Å². The molecule has 0 aromatic heterocycles. The summed E-state index contributed by atoms with van der Waals surface area (Å²) in [5, 5.41) is 151. The molecule has 7 rings (SSSR count). The molecule has 0 spiro atoms. The van der Waals surface area contributed by atoms with E-state index in [4.69, 9.17) is 14.2 Å². The molecule has 282 valence electrons. The first-order valence-electron chi connectivity index (χ1n) is 16.3. The number of hydrogen-bond donors (Lipinski definition) is 14. The summed E-state index contributed by atoms with van der Waals surface area (Å²) in [5.41, 5.74) is -0.944. The Hall–Kier alpha value is -5.40. The Kier molecular flexibility index (Phi) is 8.98. The predicted octanol–water partition coefficient (Wildman–Crippen LogP) is 0.510. The first-order chi connectivity index (χ1) is 25.1. The molecule has 3 aliphatic rings. The number of phenolic OH excluding ortho intramolecular Hbond substituents is 8. The van der Waals surface area contributed by atoms with Crippen LogP contribution >= 0.6 is 0 Å². The average Bonchev–Trinajstić information content (AvgIpc) is 3.11. The Bertz CT molecular complexity index is 2070. The number of ether oxygens (including phenoxy) is 3. The Morgan fingerprint density at radius 3 is 1.60 bits per heavy atom. The van der Waals surface area contributed by atoms with Crippen molar-refractivity contribution in [3.05, 3.63) is 81.9 Å². The van der Waals surface area contributed by atoms with Crippen molar-refractivity contribution < 1.29 is 85.7 Å². The number of aliphatic hydroxyl groups is 6. The number of rotatable bonds is 5. The summed E-state index contributed by atoms with van der Waals surface area (Å²) in [6.07, 6.45) is -15.3. The van der Waals surface area contributed by atoms with Crippen LogP contribution in [-0.4, -0.2) is 115 Å². The van der Waals surface area contributed by atoms with Gasteiger partial charge in [0, 0.05) is 35.2 Å². The predicted molar refractivity (Wildman–Crippen MR) is 176 cm³/mol. The minimum absolute atomic E-state index is 0.00644. The molecule has 17 nitrogen and oxygen atoms in total. The lowest BCUT2D eigenvalue weighted by Crippen LogP contribution is -2.55. The summed E-state index contributed by atoms with van der Waals surface area (Å²) in [6, 6.07) is 8.76. The van der Waals surface area contributed by atoms with Gasteiger partial charge in [0.25, 0.3) is 0 Å². The Labute approximate surface area is 298 Å². The van der Waals surface area contributed by atoms with Crippen molar-refractivity contribution in [2.45, 2.75) is 67.3 Å². The second-order valence-electron chi connectivity index (χ2n) is 13.3. The van der Waals surface area contributed by atoms with E-state index in [1.165, 1.54) is 12.1 Å². The van der Waals surface area contributed by atoms with Crippen molar-refractivity contribution in [2.75, 3.05) is 6.61 Å². The zero-order valence-corrected chi connectivity index (χ0v) is 27.3. The molecule has 4 aromatic carbocycles. The molecule has 4 aromatic rings. The monoisotopic (exact) mass is 740 g/mol. The van der Waals surface area contributed by atoms with Crippen LogP contribution in [0.25, 0.3) is 0 Å². The van der Waals surface area contributed by atoms with Gasteiger partial charge in [-0.25, -0.2) is 0 Å². The Morgan fingerprint density at radius 1 is 0.491 bits per heavy atom. The molecule has 0 amide bonds. The Morgan fingerprint density at radius 2 is 1.02 bits per heavy atom. The van der Waals surface area contributed by atoms with E-state index in [2.05, 4.69) is 0 Å². The van der Waals surface area contributed by atoms with Crippen LogP contribution in [-0.2, 0) is 11.2 Å². The lowest BCUT2D eigenvalue weighted by atomic mass is 9.76. The first-order valence-corrected chi connectivity index (χ1v) is 16.3. The van der Waals surface area contributed by atoms with E-state index in [1.807, 2.05) is 0 Å². The highest BCUT2D eigenvalue weighted by Crippen LogP contribution is 2.60. The topological polar surface area (TPSA) is 311 Å². The van der Waals surface area contributed by atoms with Gasteiger partial charge in [0.2, 0.25) is 0 Å². The third kappa shape index (κ3) is 5.78. The largest absolute Gasteiger partial charge is 0.507 e. The normalized spacial score (nSPS) is 29.4. The molecule has 0 unspecified atom stereocenters. The third-order valence-corrected chi connectivity index (χ3v) is 10.1.